The smallest absolute Gasteiger partial charge is 0.379 e. The van der Waals surface area contributed by atoms with E-state index in [4.69, 9.17) is 13.7 Å². The van der Waals surface area contributed by atoms with Gasteiger partial charge in [0.05, 0.1) is 6.10 Å². The van der Waals surface area contributed by atoms with E-state index in [0.29, 0.717) is 0 Å². The van der Waals surface area contributed by atoms with Crippen LogP contribution >= 0.6 is 0 Å². The number of Topliss-reactive ketones (excluding diaryl/α,β-unsaturated/α-hetero) is 1. The zero-order valence-electron chi connectivity index (χ0n) is 12.1. The van der Waals surface area contributed by atoms with Gasteiger partial charge in [0.1, 0.15) is 17.5 Å². The fourth-order valence-electron chi connectivity index (χ4n) is 2.92. The average Bonchev–Trinajstić information content (AvgIpc) is 3.08. The second-order valence-corrected chi connectivity index (χ2v) is 7.39. The molecule has 3 aliphatic rings. The summed E-state index contributed by atoms with van der Waals surface area (Å²) in [5.74, 6) is -3.06. The molecule has 126 valence electrons. The zero-order valence-corrected chi connectivity index (χ0v) is 12.9. The number of ether oxygens (including phenoxy) is 3. The van der Waals surface area contributed by atoms with Gasteiger partial charge in [-0.2, -0.15) is 8.42 Å². The van der Waals surface area contributed by atoms with Gasteiger partial charge in [-0.1, -0.05) is 6.58 Å². The van der Waals surface area contributed by atoms with Gasteiger partial charge in [0.25, 0.3) is 15.9 Å². The number of fused-ring (bicyclic) bond motifs is 1. The molecule has 0 aromatic carbocycles. The first-order valence-electron chi connectivity index (χ1n) is 6.84. The fraction of sp³-hybridized carbons (Fsp3) is 0.615. The Balaban J connectivity index is 1.55. The Bertz CT molecular complexity index is 694. The summed E-state index contributed by atoms with van der Waals surface area (Å²) in [6.07, 6.45) is -2.77. The maximum atomic E-state index is 11.7. The molecular weight excluding hydrogens is 332 g/mol. The van der Waals surface area contributed by atoms with E-state index in [1.54, 1.807) is 0 Å². The molecule has 2 bridgehead atoms. The largest absolute Gasteiger partial charge is 0.454 e. The quantitative estimate of drug-likeness (QED) is 0.263. The summed E-state index contributed by atoms with van der Waals surface area (Å²) in [6.45, 7) is 3.86. The number of rotatable bonds is 5. The van der Waals surface area contributed by atoms with Crippen molar-refractivity contribution < 1.29 is 41.2 Å². The van der Waals surface area contributed by atoms with Crippen molar-refractivity contribution in [2.24, 2.45) is 0 Å². The van der Waals surface area contributed by atoms with E-state index in [0.717, 1.165) is 0 Å². The highest BCUT2D eigenvalue weighted by molar-refractivity contribution is 7.87. The lowest BCUT2D eigenvalue weighted by Gasteiger charge is -2.21. The van der Waals surface area contributed by atoms with Crippen molar-refractivity contribution in [3.05, 3.63) is 12.2 Å². The molecular formula is C13H14O9S. The van der Waals surface area contributed by atoms with Crippen LogP contribution in [0.5, 0.6) is 0 Å². The highest BCUT2D eigenvalue weighted by Gasteiger charge is 2.67. The van der Waals surface area contributed by atoms with E-state index < -0.39 is 64.1 Å². The molecule has 3 heterocycles. The van der Waals surface area contributed by atoms with E-state index in [1.165, 1.54) is 6.92 Å². The second-order valence-electron chi connectivity index (χ2n) is 5.61. The standard InChI is InChI=1S/C13H14O9S/c1-5(2)9(15)13(16)19-4-8(14)21-10-6-3-7-11(20-6)12(10)22-23(7,17)18/h6-7,10-12H,1,3-4H2,2H3. The summed E-state index contributed by atoms with van der Waals surface area (Å²) in [7, 11) is -3.70. The number of hydrogen-bond donors (Lipinski definition) is 0. The molecule has 0 aromatic heterocycles. The number of esters is 2. The average molecular weight is 346 g/mol. The summed E-state index contributed by atoms with van der Waals surface area (Å²) in [5.41, 5.74) is -0.0134. The SMILES string of the molecule is C=C(C)C(=O)C(=O)OCC(=O)OC1C2CC3C(O2)C1OS3(=O)=O. The number of carbonyl (C=O) groups is 3. The number of carbonyl (C=O) groups excluding carboxylic acids is 3. The third-order valence-electron chi connectivity index (χ3n) is 3.95. The molecule has 3 saturated heterocycles. The van der Waals surface area contributed by atoms with Crippen LogP contribution < -0.4 is 0 Å². The van der Waals surface area contributed by atoms with Gasteiger partial charge in [-0.05, 0) is 18.9 Å². The normalized spacial score (nSPS) is 35.8. The Morgan fingerprint density at radius 3 is 2.61 bits per heavy atom. The van der Waals surface area contributed by atoms with Crippen LogP contribution in [0.15, 0.2) is 12.2 Å². The van der Waals surface area contributed by atoms with Crippen molar-refractivity contribution in [1.82, 2.24) is 0 Å². The van der Waals surface area contributed by atoms with Crippen LogP contribution in [0.2, 0.25) is 0 Å². The highest BCUT2D eigenvalue weighted by Crippen LogP contribution is 2.47. The van der Waals surface area contributed by atoms with Crippen molar-refractivity contribution >= 4 is 27.8 Å². The first kappa shape index (κ1) is 16.1. The van der Waals surface area contributed by atoms with Crippen LogP contribution in [0.1, 0.15) is 13.3 Å². The van der Waals surface area contributed by atoms with Crippen LogP contribution in [0.4, 0.5) is 0 Å². The lowest BCUT2D eigenvalue weighted by Crippen LogP contribution is -2.42. The van der Waals surface area contributed by atoms with E-state index in [2.05, 4.69) is 11.3 Å². The molecule has 0 spiro atoms. The number of hydrogen-bond acceptors (Lipinski definition) is 9. The van der Waals surface area contributed by atoms with Crippen molar-refractivity contribution in [2.45, 2.75) is 43.0 Å². The van der Waals surface area contributed by atoms with Gasteiger partial charge in [0, 0.05) is 0 Å². The van der Waals surface area contributed by atoms with E-state index >= 15 is 0 Å². The van der Waals surface area contributed by atoms with Crippen LogP contribution in [0.25, 0.3) is 0 Å². The summed E-state index contributed by atoms with van der Waals surface area (Å²) in [5, 5.41) is -0.724. The predicted octanol–water partition coefficient (Wildman–Crippen LogP) is -1.15. The fourth-order valence-corrected chi connectivity index (χ4v) is 4.56. The van der Waals surface area contributed by atoms with Crippen LogP contribution in [0, 0.1) is 0 Å². The maximum absolute atomic E-state index is 11.7. The molecule has 0 N–H and O–H groups in total. The van der Waals surface area contributed by atoms with E-state index in [1.807, 2.05) is 0 Å². The van der Waals surface area contributed by atoms with Crippen molar-refractivity contribution in [1.29, 1.82) is 0 Å². The third-order valence-corrected chi connectivity index (χ3v) is 5.65. The van der Waals surface area contributed by atoms with Gasteiger partial charge >= 0.3 is 11.9 Å². The molecule has 3 rings (SSSR count). The molecule has 0 radical (unpaired) electrons. The molecule has 3 fully saturated rings. The van der Waals surface area contributed by atoms with Gasteiger partial charge in [-0.3, -0.25) is 8.98 Å². The first-order chi connectivity index (χ1) is 10.7. The minimum absolute atomic E-state index is 0.0134. The zero-order chi connectivity index (χ0) is 16.9. The Morgan fingerprint density at radius 1 is 1.26 bits per heavy atom. The van der Waals surface area contributed by atoms with Gasteiger partial charge < -0.3 is 14.2 Å². The van der Waals surface area contributed by atoms with Gasteiger partial charge in [0.2, 0.25) is 0 Å². The van der Waals surface area contributed by atoms with Crippen molar-refractivity contribution in [3.8, 4) is 0 Å². The van der Waals surface area contributed by atoms with Crippen LogP contribution in [-0.4, -0.2) is 62.4 Å². The lowest BCUT2D eigenvalue weighted by atomic mass is 9.94. The Morgan fingerprint density at radius 2 is 1.96 bits per heavy atom. The Labute approximate surface area is 131 Å². The third kappa shape index (κ3) is 2.66. The van der Waals surface area contributed by atoms with Gasteiger partial charge in [-0.15, -0.1) is 0 Å². The number of ketones is 1. The van der Waals surface area contributed by atoms with Crippen LogP contribution in [0.3, 0.4) is 0 Å². The summed E-state index contributed by atoms with van der Waals surface area (Å²) >= 11 is 0. The maximum Gasteiger partial charge on any atom is 0.379 e. The summed E-state index contributed by atoms with van der Waals surface area (Å²) in [6, 6.07) is 0. The molecule has 0 aromatic rings. The molecule has 9 nitrogen and oxygen atoms in total. The Hall–Kier alpha value is -1.78. The molecule has 3 aliphatic heterocycles. The Kier molecular flexibility index (Phi) is 3.77. The molecule has 10 heteroatoms. The minimum atomic E-state index is -3.70. The second kappa shape index (κ2) is 5.39. The lowest BCUT2D eigenvalue weighted by molar-refractivity contribution is -0.167. The summed E-state index contributed by atoms with van der Waals surface area (Å²) in [4.78, 5) is 34.3. The van der Waals surface area contributed by atoms with E-state index in [9.17, 15) is 22.8 Å². The topological polar surface area (TPSA) is 122 Å². The van der Waals surface area contributed by atoms with E-state index in [-0.39, 0.29) is 12.0 Å². The van der Waals surface area contributed by atoms with Crippen molar-refractivity contribution in [3.63, 3.8) is 0 Å². The molecule has 23 heavy (non-hydrogen) atoms. The minimum Gasteiger partial charge on any atom is -0.454 e. The molecule has 5 atom stereocenters. The highest BCUT2D eigenvalue weighted by atomic mass is 32.2. The molecule has 0 saturated carbocycles. The first-order valence-corrected chi connectivity index (χ1v) is 8.32. The summed E-state index contributed by atoms with van der Waals surface area (Å²) < 4.78 is 43.4. The van der Waals surface area contributed by atoms with Gasteiger partial charge in [0.15, 0.2) is 12.7 Å². The monoisotopic (exact) mass is 346 g/mol. The predicted molar refractivity (Wildman–Crippen MR) is 71.5 cm³/mol. The molecule has 0 amide bonds. The molecule has 5 unspecified atom stereocenters. The van der Waals surface area contributed by atoms with Gasteiger partial charge in [-0.25, -0.2) is 9.59 Å². The molecule has 0 aliphatic carbocycles. The van der Waals surface area contributed by atoms with Crippen LogP contribution in [-0.2, 0) is 42.9 Å². The van der Waals surface area contributed by atoms with Crippen molar-refractivity contribution in [2.75, 3.05) is 6.61 Å².